The minimum Gasteiger partial charge on any atom is -0.306 e. The number of hydrogen-bond donors (Lipinski definition) is 1. The fraction of sp³-hybridized carbons (Fsp3) is 0.200. The van der Waals surface area contributed by atoms with Crippen LogP contribution >= 0.6 is 11.6 Å². The van der Waals surface area contributed by atoms with Crippen molar-refractivity contribution in [1.82, 2.24) is 5.32 Å². The molecule has 0 saturated carbocycles. The highest BCUT2D eigenvalue weighted by Gasteiger charge is 2.23. The summed E-state index contributed by atoms with van der Waals surface area (Å²) in [5.41, 5.74) is -0.0983. The van der Waals surface area contributed by atoms with Crippen LogP contribution < -0.4 is 5.32 Å². The Labute approximate surface area is 120 Å². The molecule has 0 saturated heterocycles. The summed E-state index contributed by atoms with van der Waals surface area (Å²) in [5.74, 6) is -2.02. The summed E-state index contributed by atoms with van der Waals surface area (Å²) in [6.45, 7) is 2.19. The summed E-state index contributed by atoms with van der Waals surface area (Å²) in [6, 6.07) is 6.57. The van der Waals surface area contributed by atoms with Crippen LogP contribution in [0.25, 0.3) is 0 Å². The van der Waals surface area contributed by atoms with Gasteiger partial charge in [-0.3, -0.25) is 0 Å². The quantitative estimate of drug-likeness (QED) is 0.879. The standard InChI is InChI=1S/C15H13ClF3N/c1-2-20-15(10-8-9(16)6-7-11(10)17)14-12(18)4-3-5-13(14)19/h3-8,15,20H,2H2,1H3. The van der Waals surface area contributed by atoms with E-state index in [0.29, 0.717) is 11.6 Å². The van der Waals surface area contributed by atoms with Gasteiger partial charge < -0.3 is 5.32 Å². The van der Waals surface area contributed by atoms with E-state index in [1.54, 1.807) is 6.92 Å². The predicted octanol–water partition coefficient (Wildman–Crippen LogP) is 4.46. The van der Waals surface area contributed by atoms with Crippen LogP contribution in [0.15, 0.2) is 36.4 Å². The molecule has 2 rings (SSSR count). The third-order valence-corrected chi connectivity index (χ3v) is 3.20. The van der Waals surface area contributed by atoms with Crippen LogP contribution in [0.5, 0.6) is 0 Å². The third kappa shape index (κ3) is 2.97. The third-order valence-electron chi connectivity index (χ3n) is 2.97. The zero-order chi connectivity index (χ0) is 14.7. The van der Waals surface area contributed by atoms with Gasteiger partial charge >= 0.3 is 0 Å². The van der Waals surface area contributed by atoms with Gasteiger partial charge in [-0.05, 0) is 36.9 Å². The van der Waals surface area contributed by atoms with Crippen molar-refractivity contribution in [2.75, 3.05) is 6.54 Å². The van der Waals surface area contributed by atoms with Crippen LogP contribution in [0.2, 0.25) is 5.02 Å². The van der Waals surface area contributed by atoms with Gasteiger partial charge in [0.25, 0.3) is 0 Å². The maximum atomic E-state index is 13.9. The lowest BCUT2D eigenvalue weighted by atomic mass is 9.97. The molecule has 1 nitrogen and oxygen atoms in total. The van der Waals surface area contributed by atoms with Crippen molar-refractivity contribution in [3.05, 3.63) is 70.0 Å². The van der Waals surface area contributed by atoms with Gasteiger partial charge in [-0.25, -0.2) is 13.2 Å². The lowest BCUT2D eigenvalue weighted by molar-refractivity contribution is 0.495. The molecule has 1 N–H and O–H groups in total. The molecule has 0 heterocycles. The lowest BCUT2D eigenvalue weighted by Gasteiger charge is -2.21. The molecule has 2 aromatic carbocycles. The van der Waals surface area contributed by atoms with Gasteiger partial charge in [0.1, 0.15) is 17.5 Å². The Hall–Kier alpha value is -1.52. The number of rotatable bonds is 4. The second-order valence-electron chi connectivity index (χ2n) is 4.29. The summed E-state index contributed by atoms with van der Waals surface area (Å²) in [4.78, 5) is 0. The molecule has 0 aliphatic heterocycles. The van der Waals surface area contributed by atoms with Gasteiger partial charge in [0.15, 0.2) is 0 Å². The average Bonchev–Trinajstić information content (AvgIpc) is 2.40. The lowest BCUT2D eigenvalue weighted by Crippen LogP contribution is -2.25. The van der Waals surface area contributed by atoms with Gasteiger partial charge in [-0.15, -0.1) is 0 Å². The minimum atomic E-state index is -0.931. The molecule has 1 unspecified atom stereocenters. The van der Waals surface area contributed by atoms with Crippen LogP contribution in [0, 0.1) is 17.5 Å². The van der Waals surface area contributed by atoms with Gasteiger partial charge in [0, 0.05) is 16.1 Å². The second-order valence-corrected chi connectivity index (χ2v) is 4.73. The molecule has 0 aromatic heterocycles. The van der Waals surface area contributed by atoms with Crippen LogP contribution in [0.4, 0.5) is 13.2 Å². The zero-order valence-electron chi connectivity index (χ0n) is 10.8. The fourth-order valence-corrected chi connectivity index (χ4v) is 2.27. The molecule has 0 aliphatic rings. The van der Waals surface area contributed by atoms with Crippen LogP contribution in [0.1, 0.15) is 24.1 Å². The number of hydrogen-bond acceptors (Lipinski definition) is 1. The first kappa shape index (κ1) is 14.9. The highest BCUT2D eigenvalue weighted by atomic mass is 35.5. The van der Waals surface area contributed by atoms with Crippen molar-refractivity contribution in [2.45, 2.75) is 13.0 Å². The van der Waals surface area contributed by atoms with E-state index in [4.69, 9.17) is 11.6 Å². The fourth-order valence-electron chi connectivity index (χ4n) is 2.09. The van der Waals surface area contributed by atoms with Gasteiger partial charge in [-0.2, -0.15) is 0 Å². The number of halogens is 4. The molecule has 0 aliphatic carbocycles. The van der Waals surface area contributed by atoms with Crippen molar-refractivity contribution in [2.24, 2.45) is 0 Å². The van der Waals surface area contributed by atoms with Crippen LogP contribution in [-0.2, 0) is 0 Å². The van der Waals surface area contributed by atoms with E-state index in [9.17, 15) is 13.2 Å². The van der Waals surface area contributed by atoms with E-state index in [1.165, 1.54) is 24.3 Å². The molecule has 0 amide bonds. The summed E-state index contributed by atoms with van der Waals surface area (Å²) < 4.78 is 41.8. The molecule has 2 aromatic rings. The summed E-state index contributed by atoms with van der Waals surface area (Å²) in [7, 11) is 0. The Balaban J connectivity index is 2.59. The molecule has 20 heavy (non-hydrogen) atoms. The predicted molar refractivity (Wildman–Crippen MR) is 73.3 cm³/mol. The first-order valence-corrected chi connectivity index (χ1v) is 6.54. The molecule has 0 spiro atoms. The van der Waals surface area contributed by atoms with Gasteiger partial charge in [-0.1, -0.05) is 24.6 Å². The highest BCUT2D eigenvalue weighted by Crippen LogP contribution is 2.30. The monoisotopic (exact) mass is 299 g/mol. The SMILES string of the molecule is CCNC(c1cc(Cl)ccc1F)c1c(F)cccc1F. The van der Waals surface area contributed by atoms with E-state index in [-0.39, 0.29) is 11.1 Å². The topological polar surface area (TPSA) is 12.0 Å². The molecule has 5 heteroatoms. The molecule has 1 atom stereocenters. The molecular formula is C15H13ClF3N. The Bertz CT molecular complexity index is 596. The van der Waals surface area contributed by atoms with E-state index in [0.717, 1.165) is 12.1 Å². The molecule has 0 fully saturated rings. The summed E-state index contributed by atoms with van der Waals surface area (Å²) in [5, 5.41) is 3.19. The molecule has 0 radical (unpaired) electrons. The maximum Gasteiger partial charge on any atom is 0.131 e. The molecule has 0 bridgehead atoms. The number of benzene rings is 2. The maximum absolute atomic E-state index is 13.9. The normalized spacial score (nSPS) is 12.4. The Morgan fingerprint density at radius 1 is 1.05 bits per heavy atom. The summed E-state index contributed by atoms with van der Waals surface area (Å²) in [6.07, 6.45) is 0. The van der Waals surface area contributed by atoms with E-state index >= 15 is 0 Å². The van der Waals surface area contributed by atoms with Crippen molar-refractivity contribution in [3.63, 3.8) is 0 Å². The van der Waals surface area contributed by atoms with Crippen molar-refractivity contribution in [3.8, 4) is 0 Å². The Kier molecular flexibility index (Phi) is 4.68. The largest absolute Gasteiger partial charge is 0.306 e. The first-order chi connectivity index (χ1) is 9.54. The van der Waals surface area contributed by atoms with Gasteiger partial charge in [0.2, 0.25) is 0 Å². The zero-order valence-corrected chi connectivity index (χ0v) is 11.5. The van der Waals surface area contributed by atoms with Crippen molar-refractivity contribution >= 4 is 11.6 Å². The Morgan fingerprint density at radius 2 is 1.70 bits per heavy atom. The van der Waals surface area contributed by atoms with E-state index in [1.807, 2.05) is 0 Å². The number of nitrogens with one attached hydrogen (secondary N) is 1. The average molecular weight is 300 g/mol. The van der Waals surface area contributed by atoms with Crippen molar-refractivity contribution < 1.29 is 13.2 Å². The van der Waals surface area contributed by atoms with Crippen LogP contribution in [0.3, 0.4) is 0 Å². The van der Waals surface area contributed by atoms with Gasteiger partial charge in [0.05, 0.1) is 6.04 Å². The Morgan fingerprint density at radius 3 is 2.30 bits per heavy atom. The second kappa shape index (κ2) is 6.29. The van der Waals surface area contributed by atoms with Crippen LogP contribution in [-0.4, -0.2) is 6.54 Å². The highest BCUT2D eigenvalue weighted by molar-refractivity contribution is 6.30. The first-order valence-electron chi connectivity index (χ1n) is 6.16. The minimum absolute atomic E-state index is 0.114. The smallest absolute Gasteiger partial charge is 0.131 e. The van der Waals surface area contributed by atoms with E-state index < -0.39 is 23.5 Å². The molecular weight excluding hydrogens is 287 g/mol. The van der Waals surface area contributed by atoms with E-state index in [2.05, 4.69) is 5.32 Å². The van der Waals surface area contributed by atoms with Crippen molar-refractivity contribution in [1.29, 1.82) is 0 Å². The summed E-state index contributed by atoms with van der Waals surface area (Å²) >= 11 is 5.85. The molecule has 106 valence electrons.